The van der Waals surface area contributed by atoms with Crippen molar-refractivity contribution < 1.29 is 17.9 Å². The van der Waals surface area contributed by atoms with Gasteiger partial charge in [-0.25, -0.2) is 8.42 Å². The van der Waals surface area contributed by atoms with Gasteiger partial charge < -0.3 is 9.64 Å². The molecule has 1 aliphatic heterocycles. The van der Waals surface area contributed by atoms with Gasteiger partial charge in [0.25, 0.3) is 5.91 Å². The summed E-state index contributed by atoms with van der Waals surface area (Å²) in [5.41, 5.74) is 0.428. The molecule has 0 bridgehead atoms. The van der Waals surface area contributed by atoms with Crippen molar-refractivity contribution in [3.8, 4) is 0 Å². The molecule has 1 aromatic rings. The van der Waals surface area contributed by atoms with Crippen LogP contribution in [0.25, 0.3) is 0 Å². The van der Waals surface area contributed by atoms with E-state index in [-0.39, 0.29) is 22.9 Å². The molecule has 6 nitrogen and oxygen atoms in total. The van der Waals surface area contributed by atoms with Crippen molar-refractivity contribution in [2.24, 2.45) is 5.92 Å². The van der Waals surface area contributed by atoms with Crippen molar-refractivity contribution in [2.45, 2.75) is 57.0 Å². The minimum absolute atomic E-state index is 0.0822. The summed E-state index contributed by atoms with van der Waals surface area (Å²) in [6, 6.07) is 5.28. The van der Waals surface area contributed by atoms with E-state index in [1.807, 2.05) is 4.90 Å². The fraction of sp³-hybridized carbons (Fsp3) is 0.650. The van der Waals surface area contributed by atoms with E-state index in [0.717, 1.165) is 19.3 Å². The Morgan fingerprint density at radius 1 is 1.29 bits per heavy atom. The first-order chi connectivity index (χ1) is 13.3. The summed E-state index contributed by atoms with van der Waals surface area (Å²) in [5.74, 6) is 0.303. The Hall–Kier alpha value is -0.960. The van der Waals surface area contributed by atoms with E-state index in [2.05, 4.69) is 36.7 Å². The molecule has 2 fully saturated rings. The summed E-state index contributed by atoms with van der Waals surface area (Å²) in [6.45, 7) is 7.80. The Morgan fingerprint density at radius 3 is 2.50 bits per heavy atom. The van der Waals surface area contributed by atoms with Crippen LogP contribution in [0.5, 0.6) is 0 Å². The number of ether oxygens (including phenoxy) is 1. The van der Waals surface area contributed by atoms with Gasteiger partial charge in [-0.2, -0.15) is 4.31 Å². The van der Waals surface area contributed by atoms with Gasteiger partial charge in [0.1, 0.15) is 0 Å². The van der Waals surface area contributed by atoms with E-state index in [0.29, 0.717) is 42.3 Å². The van der Waals surface area contributed by atoms with Gasteiger partial charge in [0, 0.05) is 35.2 Å². The van der Waals surface area contributed by atoms with E-state index in [1.165, 1.54) is 10.4 Å². The van der Waals surface area contributed by atoms with Gasteiger partial charge in [0.15, 0.2) is 0 Å². The van der Waals surface area contributed by atoms with Crippen molar-refractivity contribution in [2.75, 3.05) is 26.3 Å². The molecule has 3 rings (SSSR count). The van der Waals surface area contributed by atoms with Crippen molar-refractivity contribution >= 4 is 31.9 Å². The maximum Gasteiger partial charge on any atom is 0.254 e. The number of hydrogen-bond acceptors (Lipinski definition) is 4. The molecule has 0 spiro atoms. The third kappa shape index (κ3) is 4.45. The summed E-state index contributed by atoms with van der Waals surface area (Å²) in [7, 11) is -3.68. The van der Waals surface area contributed by atoms with Crippen molar-refractivity contribution in [1.29, 1.82) is 0 Å². The molecule has 1 amide bonds. The minimum Gasteiger partial charge on any atom is -0.379 e. The quantitative estimate of drug-likeness (QED) is 0.608. The number of morpholine rings is 1. The lowest BCUT2D eigenvalue weighted by Gasteiger charge is -2.33. The molecule has 156 valence electrons. The average Bonchev–Trinajstić information content (AvgIpc) is 3.53. The van der Waals surface area contributed by atoms with Crippen molar-refractivity contribution in [3.63, 3.8) is 0 Å². The van der Waals surface area contributed by atoms with Gasteiger partial charge in [-0.3, -0.25) is 4.79 Å². The molecule has 1 saturated heterocycles. The summed E-state index contributed by atoms with van der Waals surface area (Å²) in [5, 5.41) is 0. The largest absolute Gasteiger partial charge is 0.379 e. The van der Waals surface area contributed by atoms with Crippen molar-refractivity contribution in [3.05, 3.63) is 28.2 Å². The lowest BCUT2D eigenvalue weighted by atomic mass is 9.98. The number of hydrogen-bond donors (Lipinski definition) is 0. The van der Waals surface area contributed by atoms with Crippen LogP contribution in [-0.4, -0.2) is 61.9 Å². The molecule has 2 aliphatic rings. The first-order valence-corrected chi connectivity index (χ1v) is 12.2. The second-order valence-corrected chi connectivity index (χ2v) is 10.5. The Balaban J connectivity index is 1.92. The molecular formula is C20H29BrN2O4S. The van der Waals surface area contributed by atoms with Gasteiger partial charge in [-0.1, -0.05) is 20.3 Å². The lowest BCUT2D eigenvalue weighted by molar-refractivity contribution is 0.0615. The predicted octanol–water partition coefficient (Wildman–Crippen LogP) is 3.51. The van der Waals surface area contributed by atoms with Crippen LogP contribution < -0.4 is 0 Å². The van der Waals surface area contributed by atoms with Gasteiger partial charge >= 0.3 is 0 Å². The Bertz CT molecular complexity index is 819. The lowest BCUT2D eigenvalue weighted by Crippen LogP contribution is -2.44. The van der Waals surface area contributed by atoms with Crippen LogP contribution >= 0.6 is 15.9 Å². The van der Waals surface area contributed by atoms with Crippen LogP contribution in [0.15, 0.2) is 27.6 Å². The van der Waals surface area contributed by atoms with E-state index in [1.54, 1.807) is 12.1 Å². The van der Waals surface area contributed by atoms with Crippen LogP contribution in [0.1, 0.15) is 50.4 Å². The van der Waals surface area contributed by atoms with E-state index >= 15 is 0 Å². The Morgan fingerprint density at radius 2 is 1.93 bits per heavy atom. The molecular weight excluding hydrogens is 444 g/mol. The SMILES string of the molecule is CCC(C)C(C)N(C(=O)c1ccc(Br)c(S(=O)(=O)N2CCOCC2)c1)C1CC1. The molecule has 0 aromatic heterocycles. The maximum absolute atomic E-state index is 13.3. The number of carbonyl (C=O) groups excluding carboxylic acids is 1. The third-order valence-electron chi connectivity index (χ3n) is 5.85. The topological polar surface area (TPSA) is 66.9 Å². The smallest absolute Gasteiger partial charge is 0.254 e. The van der Waals surface area contributed by atoms with Crippen LogP contribution in [0, 0.1) is 5.92 Å². The number of halogens is 1. The monoisotopic (exact) mass is 472 g/mol. The molecule has 0 radical (unpaired) electrons. The fourth-order valence-corrected chi connectivity index (χ4v) is 5.92. The summed E-state index contributed by atoms with van der Waals surface area (Å²) in [4.78, 5) is 15.4. The molecule has 0 N–H and O–H groups in total. The van der Waals surface area contributed by atoms with Crippen LogP contribution in [0.2, 0.25) is 0 Å². The number of amides is 1. The van der Waals surface area contributed by atoms with E-state index in [4.69, 9.17) is 4.74 Å². The Kier molecular flexibility index (Phi) is 6.84. The molecule has 1 heterocycles. The zero-order valence-electron chi connectivity index (χ0n) is 16.7. The first kappa shape index (κ1) is 21.7. The third-order valence-corrected chi connectivity index (χ3v) is 8.74. The predicted molar refractivity (Wildman–Crippen MR) is 112 cm³/mol. The second-order valence-electron chi connectivity index (χ2n) is 7.73. The normalized spacial score (nSPS) is 20.6. The van der Waals surface area contributed by atoms with E-state index < -0.39 is 10.0 Å². The molecule has 2 unspecified atom stereocenters. The number of nitrogens with zero attached hydrogens (tertiary/aromatic N) is 2. The average molecular weight is 473 g/mol. The number of sulfonamides is 1. The first-order valence-electron chi connectivity index (χ1n) is 9.97. The zero-order chi connectivity index (χ0) is 20.5. The maximum atomic E-state index is 13.3. The number of rotatable bonds is 7. The minimum atomic E-state index is -3.68. The van der Waals surface area contributed by atoms with Gasteiger partial charge in [-0.05, 0) is 59.8 Å². The summed E-state index contributed by atoms with van der Waals surface area (Å²) in [6.07, 6.45) is 3.03. The highest BCUT2D eigenvalue weighted by Gasteiger charge is 2.38. The number of carbonyl (C=O) groups is 1. The van der Waals surface area contributed by atoms with Crippen LogP contribution in [0.4, 0.5) is 0 Å². The van der Waals surface area contributed by atoms with Gasteiger partial charge in [0.05, 0.1) is 18.1 Å². The summed E-state index contributed by atoms with van der Waals surface area (Å²) < 4.78 is 33.4. The van der Waals surface area contributed by atoms with Gasteiger partial charge in [0.2, 0.25) is 10.0 Å². The molecule has 8 heteroatoms. The van der Waals surface area contributed by atoms with E-state index in [9.17, 15) is 13.2 Å². The molecule has 1 aliphatic carbocycles. The molecule has 1 aromatic carbocycles. The van der Waals surface area contributed by atoms with Crippen LogP contribution in [0.3, 0.4) is 0 Å². The molecule has 1 saturated carbocycles. The van der Waals surface area contributed by atoms with Crippen LogP contribution in [-0.2, 0) is 14.8 Å². The van der Waals surface area contributed by atoms with Crippen molar-refractivity contribution in [1.82, 2.24) is 9.21 Å². The second kappa shape index (κ2) is 8.81. The fourth-order valence-electron chi connectivity index (χ4n) is 3.56. The number of benzene rings is 1. The standard InChI is InChI=1S/C20H29BrN2O4S/c1-4-14(2)15(3)23(17-6-7-17)20(24)16-5-8-18(21)19(13-16)28(25,26)22-9-11-27-12-10-22/h5,8,13-15,17H,4,6-7,9-12H2,1-3H3. The zero-order valence-corrected chi connectivity index (χ0v) is 19.1. The Labute approximate surface area is 176 Å². The highest BCUT2D eigenvalue weighted by molar-refractivity contribution is 9.10. The highest BCUT2D eigenvalue weighted by Crippen LogP contribution is 2.34. The molecule has 28 heavy (non-hydrogen) atoms. The van der Waals surface area contributed by atoms with Gasteiger partial charge in [-0.15, -0.1) is 0 Å². The molecule has 2 atom stereocenters. The highest BCUT2D eigenvalue weighted by atomic mass is 79.9. The summed E-state index contributed by atoms with van der Waals surface area (Å²) >= 11 is 3.36.